The predicted molar refractivity (Wildman–Crippen MR) is 63.7 cm³/mol. The lowest BCUT2D eigenvalue weighted by molar-refractivity contribution is -0.142. The van der Waals surface area contributed by atoms with Gasteiger partial charge in [-0.05, 0) is 26.2 Å². The van der Waals surface area contributed by atoms with E-state index in [1.165, 1.54) is 6.33 Å². The van der Waals surface area contributed by atoms with Crippen molar-refractivity contribution in [1.29, 1.82) is 0 Å². The van der Waals surface area contributed by atoms with E-state index in [0.717, 1.165) is 12.8 Å². The van der Waals surface area contributed by atoms with E-state index >= 15 is 0 Å². The molecule has 0 spiro atoms. The summed E-state index contributed by atoms with van der Waals surface area (Å²) in [5.41, 5.74) is 0.290. The Balaban J connectivity index is 2.05. The summed E-state index contributed by atoms with van der Waals surface area (Å²) in [6.07, 6.45) is 4.18. The number of nitrogens with one attached hydrogen (secondary N) is 1. The highest BCUT2D eigenvalue weighted by Gasteiger charge is 2.27. The Hall–Kier alpha value is -1.72. The minimum Gasteiger partial charge on any atom is -0.481 e. The molecule has 0 saturated heterocycles. The third-order valence-corrected chi connectivity index (χ3v) is 3.33. The van der Waals surface area contributed by atoms with Gasteiger partial charge in [-0.25, -0.2) is 14.4 Å². The van der Waals surface area contributed by atoms with Gasteiger partial charge in [0.25, 0.3) is 0 Å². The van der Waals surface area contributed by atoms with Gasteiger partial charge in [0.15, 0.2) is 11.6 Å². The van der Waals surface area contributed by atoms with Crippen LogP contribution >= 0.6 is 0 Å². The predicted octanol–water partition coefficient (Wildman–Crippen LogP) is 1.98. The second-order valence-corrected chi connectivity index (χ2v) is 4.66. The fourth-order valence-corrected chi connectivity index (χ4v) is 2.30. The molecule has 18 heavy (non-hydrogen) atoms. The second-order valence-electron chi connectivity index (χ2n) is 4.66. The van der Waals surface area contributed by atoms with Crippen LogP contribution in [-0.4, -0.2) is 27.1 Å². The number of hydrogen-bond donors (Lipinski definition) is 2. The van der Waals surface area contributed by atoms with Crippen molar-refractivity contribution in [2.24, 2.45) is 5.92 Å². The molecule has 0 aliphatic heterocycles. The number of aryl methyl sites for hydroxylation is 1. The minimum absolute atomic E-state index is 0.0383. The second kappa shape index (κ2) is 5.29. The Morgan fingerprint density at radius 3 is 3.00 bits per heavy atom. The molecule has 2 atom stereocenters. The number of halogens is 1. The monoisotopic (exact) mass is 253 g/mol. The molecule has 1 aliphatic rings. The molecule has 2 N–H and O–H groups in total. The zero-order valence-electron chi connectivity index (χ0n) is 10.2. The van der Waals surface area contributed by atoms with Crippen LogP contribution in [0.5, 0.6) is 0 Å². The number of aromatic nitrogens is 2. The maximum atomic E-state index is 13.7. The van der Waals surface area contributed by atoms with E-state index in [2.05, 4.69) is 15.3 Å². The fourth-order valence-electron chi connectivity index (χ4n) is 2.30. The largest absolute Gasteiger partial charge is 0.481 e. The first-order chi connectivity index (χ1) is 8.58. The topological polar surface area (TPSA) is 75.1 Å². The highest BCUT2D eigenvalue weighted by Crippen LogP contribution is 2.27. The highest BCUT2D eigenvalue weighted by atomic mass is 19.1. The summed E-state index contributed by atoms with van der Waals surface area (Å²) < 4.78 is 13.7. The van der Waals surface area contributed by atoms with Crippen molar-refractivity contribution in [2.45, 2.75) is 38.6 Å². The minimum atomic E-state index is -0.777. The van der Waals surface area contributed by atoms with E-state index in [1.54, 1.807) is 6.92 Å². The van der Waals surface area contributed by atoms with E-state index in [4.69, 9.17) is 5.11 Å². The molecule has 0 aromatic carbocycles. The number of aliphatic carboxylic acids is 1. The zero-order chi connectivity index (χ0) is 13.1. The van der Waals surface area contributed by atoms with Gasteiger partial charge in [0, 0.05) is 6.04 Å². The molecule has 1 aromatic heterocycles. The first-order valence-corrected chi connectivity index (χ1v) is 6.04. The van der Waals surface area contributed by atoms with E-state index in [9.17, 15) is 9.18 Å². The van der Waals surface area contributed by atoms with E-state index in [1.807, 2.05) is 0 Å². The zero-order valence-corrected chi connectivity index (χ0v) is 10.2. The molecular formula is C12H16FN3O2. The lowest BCUT2D eigenvalue weighted by Crippen LogP contribution is -2.31. The average molecular weight is 253 g/mol. The number of carbonyl (C=O) groups is 1. The Labute approximate surface area is 104 Å². The van der Waals surface area contributed by atoms with Gasteiger partial charge < -0.3 is 10.4 Å². The van der Waals surface area contributed by atoms with Crippen molar-refractivity contribution in [1.82, 2.24) is 9.97 Å². The van der Waals surface area contributed by atoms with Gasteiger partial charge in [-0.3, -0.25) is 4.79 Å². The molecule has 1 heterocycles. The van der Waals surface area contributed by atoms with Gasteiger partial charge in [-0.2, -0.15) is 0 Å². The quantitative estimate of drug-likeness (QED) is 0.861. The van der Waals surface area contributed by atoms with Gasteiger partial charge in [0.2, 0.25) is 0 Å². The van der Waals surface area contributed by atoms with Crippen LogP contribution in [0.4, 0.5) is 10.2 Å². The van der Waals surface area contributed by atoms with Crippen LogP contribution in [0.25, 0.3) is 0 Å². The molecule has 5 nitrogen and oxygen atoms in total. The maximum Gasteiger partial charge on any atom is 0.306 e. The molecule has 1 saturated carbocycles. The van der Waals surface area contributed by atoms with Crippen molar-refractivity contribution in [2.75, 3.05) is 5.32 Å². The molecule has 1 fully saturated rings. The Morgan fingerprint density at radius 2 is 2.28 bits per heavy atom. The van der Waals surface area contributed by atoms with Crippen LogP contribution in [0.15, 0.2) is 6.33 Å². The van der Waals surface area contributed by atoms with Gasteiger partial charge in [0.1, 0.15) is 6.33 Å². The van der Waals surface area contributed by atoms with Crippen LogP contribution in [-0.2, 0) is 4.79 Å². The molecule has 2 unspecified atom stereocenters. The molecule has 6 heteroatoms. The summed E-state index contributed by atoms with van der Waals surface area (Å²) in [5, 5.41) is 12.0. The Bertz CT molecular complexity index is 453. The molecule has 98 valence electrons. The fraction of sp³-hybridized carbons (Fsp3) is 0.583. The molecule has 0 radical (unpaired) electrons. The number of rotatable bonds is 3. The van der Waals surface area contributed by atoms with Crippen molar-refractivity contribution in [3.05, 3.63) is 17.8 Å². The number of anilines is 1. The summed E-state index contributed by atoms with van der Waals surface area (Å²) in [7, 11) is 0. The first-order valence-electron chi connectivity index (χ1n) is 6.04. The molecule has 0 bridgehead atoms. The molecule has 1 aromatic rings. The van der Waals surface area contributed by atoms with Crippen LogP contribution < -0.4 is 5.32 Å². The van der Waals surface area contributed by atoms with Crippen LogP contribution in [0.3, 0.4) is 0 Å². The number of hydrogen-bond acceptors (Lipinski definition) is 4. The molecular weight excluding hydrogens is 237 g/mol. The summed E-state index contributed by atoms with van der Waals surface area (Å²) in [6, 6.07) is -0.0383. The van der Waals surface area contributed by atoms with Gasteiger partial charge in [0.05, 0.1) is 11.6 Å². The highest BCUT2D eigenvalue weighted by molar-refractivity contribution is 5.70. The summed E-state index contributed by atoms with van der Waals surface area (Å²) in [5.74, 6) is -1.42. The van der Waals surface area contributed by atoms with Gasteiger partial charge in [-0.1, -0.05) is 6.42 Å². The van der Waals surface area contributed by atoms with Gasteiger partial charge >= 0.3 is 5.97 Å². The third-order valence-electron chi connectivity index (χ3n) is 3.33. The first kappa shape index (κ1) is 12.7. The Kier molecular flexibility index (Phi) is 3.74. The van der Waals surface area contributed by atoms with E-state index in [0.29, 0.717) is 12.8 Å². The van der Waals surface area contributed by atoms with Crippen molar-refractivity contribution >= 4 is 11.8 Å². The van der Waals surface area contributed by atoms with E-state index in [-0.39, 0.29) is 23.5 Å². The number of nitrogens with zero attached hydrogens (tertiary/aromatic N) is 2. The van der Waals surface area contributed by atoms with Crippen molar-refractivity contribution < 1.29 is 14.3 Å². The van der Waals surface area contributed by atoms with Crippen molar-refractivity contribution in [3.63, 3.8) is 0 Å². The smallest absolute Gasteiger partial charge is 0.306 e. The molecule has 0 amide bonds. The summed E-state index contributed by atoms with van der Waals surface area (Å²) >= 11 is 0. The number of carboxylic acid groups (broad SMARTS) is 1. The maximum absolute atomic E-state index is 13.7. The standard InChI is InChI=1S/C12H16FN3O2/c1-7-10(13)11(15-6-14-7)16-9-4-2-3-8(5-9)12(17)18/h6,8-9H,2-5H2,1H3,(H,17,18)(H,14,15,16). The van der Waals surface area contributed by atoms with E-state index < -0.39 is 11.8 Å². The van der Waals surface area contributed by atoms with Crippen LogP contribution in [0.2, 0.25) is 0 Å². The summed E-state index contributed by atoms with van der Waals surface area (Å²) in [4.78, 5) is 18.6. The van der Waals surface area contributed by atoms with Crippen LogP contribution in [0, 0.1) is 18.7 Å². The Morgan fingerprint density at radius 1 is 1.50 bits per heavy atom. The van der Waals surface area contributed by atoms with Gasteiger partial charge in [-0.15, -0.1) is 0 Å². The van der Waals surface area contributed by atoms with Crippen molar-refractivity contribution in [3.8, 4) is 0 Å². The third kappa shape index (κ3) is 2.75. The number of carboxylic acids is 1. The average Bonchev–Trinajstić information content (AvgIpc) is 2.35. The molecule has 1 aliphatic carbocycles. The lowest BCUT2D eigenvalue weighted by atomic mass is 9.86. The van der Waals surface area contributed by atoms with Crippen LogP contribution in [0.1, 0.15) is 31.4 Å². The summed E-state index contributed by atoms with van der Waals surface area (Å²) in [6.45, 7) is 1.57. The SMILES string of the molecule is Cc1ncnc(NC2CCCC(C(=O)O)C2)c1F. The lowest BCUT2D eigenvalue weighted by Gasteiger charge is -2.27. The molecule has 2 rings (SSSR count). The normalized spacial score (nSPS) is 23.7.